The van der Waals surface area contributed by atoms with Crippen LogP contribution < -0.4 is 5.32 Å². The molecule has 0 bridgehead atoms. The molecule has 0 unspecified atom stereocenters. The molecule has 162 valence electrons. The van der Waals surface area contributed by atoms with Crippen molar-refractivity contribution in [1.29, 1.82) is 0 Å². The summed E-state index contributed by atoms with van der Waals surface area (Å²) in [4.78, 5) is 27.3. The van der Waals surface area contributed by atoms with E-state index in [9.17, 15) is 9.59 Å². The molecule has 1 atom stereocenters. The van der Waals surface area contributed by atoms with Crippen LogP contribution in [0.3, 0.4) is 0 Å². The van der Waals surface area contributed by atoms with Gasteiger partial charge in [-0.25, -0.2) is 0 Å². The molecule has 7 heteroatoms. The van der Waals surface area contributed by atoms with Gasteiger partial charge in [0.2, 0.25) is 11.8 Å². The number of thioether (sulfide) groups is 1. The average Bonchev–Trinajstić information content (AvgIpc) is 2.71. The molecule has 0 fully saturated rings. The monoisotopic (exact) mass is 466 g/mol. The van der Waals surface area contributed by atoms with E-state index < -0.39 is 6.04 Å². The lowest BCUT2D eigenvalue weighted by Gasteiger charge is -2.29. The normalized spacial score (nSPS) is 11.9. The van der Waals surface area contributed by atoms with Gasteiger partial charge >= 0.3 is 0 Å². The second kappa shape index (κ2) is 12.2. The molecule has 2 rings (SSSR count). The van der Waals surface area contributed by atoms with Crippen LogP contribution in [0.4, 0.5) is 0 Å². The Morgan fingerprint density at radius 2 is 1.77 bits per heavy atom. The molecule has 0 radical (unpaired) electrons. The molecule has 0 aliphatic rings. The third-order valence-electron chi connectivity index (χ3n) is 4.54. The number of hydrogen-bond donors (Lipinski definition) is 1. The SMILES string of the molecule is CC(C)CNC(=O)[C@@H](C)N(Cc1ccc(Cl)cc1Cl)C(=O)CSCc1ccccc1. The summed E-state index contributed by atoms with van der Waals surface area (Å²) >= 11 is 13.8. The number of rotatable bonds is 10. The van der Waals surface area contributed by atoms with Gasteiger partial charge in [-0.1, -0.05) is 73.4 Å². The predicted molar refractivity (Wildman–Crippen MR) is 127 cm³/mol. The number of halogens is 2. The molecule has 0 saturated carbocycles. The molecule has 2 aromatic rings. The zero-order chi connectivity index (χ0) is 22.1. The summed E-state index contributed by atoms with van der Waals surface area (Å²) in [5.74, 6) is 1.07. The summed E-state index contributed by atoms with van der Waals surface area (Å²) in [6, 6.07) is 14.6. The van der Waals surface area contributed by atoms with Gasteiger partial charge in [0.1, 0.15) is 6.04 Å². The fraction of sp³-hybridized carbons (Fsp3) is 0.391. The van der Waals surface area contributed by atoms with Crippen molar-refractivity contribution in [2.75, 3.05) is 12.3 Å². The number of hydrogen-bond acceptors (Lipinski definition) is 3. The van der Waals surface area contributed by atoms with Crippen molar-refractivity contribution in [3.8, 4) is 0 Å². The maximum Gasteiger partial charge on any atom is 0.242 e. The lowest BCUT2D eigenvalue weighted by Crippen LogP contribution is -2.48. The summed E-state index contributed by atoms with van der Waals surface area (Å²) < 4.78 is 0. The number of carbonyl (C=O) groups is 2. The minimum Gasteiger partial charge on any atom is -0.354 e. The highest BCUT2D eigenvalue weighted by atomic mass is 35.5. The minimum absolute atomic E-state index is 0.103. The highest BCUT2D eigenvalue weighted by Crippen LogP contribution is 2.24. The van der Waals surface area contributed by atoms with E-state index in [1.165, 1.54) is 11.8 Å². The number of nitrogens with zero attached hydrogens (tertiary/aromatic N) is 1. The number of carbonyl (C=O) groups excluding carboxylic acids is 2. The predicted octanol–water partition coefficient (Wildman–Crippen LogP) is 5.42. The largest absolute Gasteiger partial charge is 0.354 e. The third-order valence-corrected chi connectivity index (χ3v) is 6.12. The number of benzene rings is 2. The summed E-state index contributed by atoms with van der Waals surface area (Å²) in [6.45, 7) is 6.62. The van der Waals surface area contributed by atoms with Crippen molar-refractivity contribution in [2.45, 2.75) is 39.1 Å². The van der Waals surface area contributed by atoms with Crippen molar-refractivity contribution in [3.05, 3.63) is 69.7 Å². The average molecular weight is 467 g/mol. The first-order chi connectivity index (χ1) is 14.3. The maximum absolute atomic E-state index is 13.1. The van der Waals surface area contributed by atoms with E-state index in [-0.39, 0.29) is 24.1 Å². The molecule has 2 aromatic carbocycles. The van der Waals surface area contributed by atoms with E-state index in [0.29, 0.717) is 22.5 Å². The molecule has 0 aliphatic heterocycles. The van der Waals surface area contributed by atoms with Gasteiger partial charge in [0.15, 0.2) is 0 Å². The standard InChI is InChI=1S/C23H28Cl2N2O2S/c1-16(2)12-26-23(29)17(3)27(13-19-9-10-20(24)11-21(19)25)22(28)15-30-14-18-7-5-4-6-8-18/h4-11,16-17H,12-15H2,1-3H3,(H,26,29)/t17-/m1/s1. The van der Waals surface area contributed by atoms with Crippen LogP contribution >= 0.6 is 35.0 Å². The second-order valence-corrected chi connectivity index (χ2v) is 9.38. The van der Waals surface area contributed by atoms with E-state index in [0.717, 1.165) is 16.9 Å². The fourth-order valence-corrected chi connectivity index (χ4v) is 4.12. The van der Waals surface area contributed by atoms with E-state index in [1.54, 1.807) is 30.0 Å². The zero-order valence-electron chi connectivity index (χ0n) is 17.5. The Kier molecular flexibility index (Phi) is 10.0. The molecular weight excluding hydrogens is 439 g/mol. The molecule has 0 heterocycles. The lowest BCUT2D eigenvalue weighted by atomic mass is 10.1. The van der Waals surface area contributed by atoms with E-state index in [2.05, 4.69) is 5.32 Å². The van der Waals surface area contributed by atoms with Crippen LogP contribution in [0.25, 0.3) is 0 Å². The maximum atomic E-state index is 13.1. The molecule has 1 N–H and O–H groups in total. The van der Waals surface area contributed by atoms with Crippen molar-refractivity contribution < 1.29 is 9.59 Å². The van der Waals surface area contributed by atoms with E-state index in [4.69, 9.17) is 23.2 Å². The Bertz CT molecular complexity index is 846. The Morgan fingerprint density at radius 3 is 2.40 bits per heavy atom. The van der Waals surface area contributed by atoms with Crippen molar-refractivity contribution in [1.82, 2.24) is 10.2 Å². The van der Waals surface area contributed by atoms with Gasteiger partial charge in [0.05, 0.1) is 5.75 Å². The summed E-state index contributed by atoms with van der Waals surface area (Å²) in [7, 11) is 0. The lowest BCUT2D eigenvalue weighted by molar-refractivity contribution is -0.138. The summed E-state index contributed by atoms with van der Waals surface area (Å²) in [5, 5.41) is 3.92. The summed E-state index contributed by atoms with van der Waals surface area (Å²) in [6.07, 6.45) is 0. The quantitative estimate of drug-likeness (QED) is 0.508. The number of amides is 2. The van der Waals surface area contributed by atoms with Crippen LogP contribution in [-0.2, 0) is 21.9 Å². The van der Waals surface area contributed by atoms with E-state index in [1.807, 2.05) is 44.2 Å². The van der Waals surface area contributed by atoms with Gasteiger partial charge < -0.3 is 10.2 Å². The molecule has 30 heavy (non-hydrogen) atoms. The van der Waals surface area contributed by atoms with E-state index >= 15 is 0 Å². The van der Waals surface area contributed by atoms with Crippen molar-refractivity contribution in [3.63, 3.8) is 0 Å². The topological polar surface area (TPSA) is 49.4 Å². The van der Waals surface area contributed by atoms with Crippen LogP contribution in [0.5, 0.6) is 0 Å². The Hall–Kier alpha value is -1.69. The smallest absolute Gasteiger partial charge is 0.242 e. The van der Waals surface area contributed by atoms with Crippen molar-refractivity contribution in [2.24, 2.45) is 5.92 Å². The highest BCUT2D eigenvalue weighted by Gasteiger charge is 2.26. The molecular formula is C23H28Cl2N2O2S. The summed E-state index contributed by atoms with van der Waals surface area (Å²) in [5.41, 5.74) is 1.91. The zero-order valence-corrected chi connectivity index (χ0v) is 19.9. The van der Waals surface area contributed by atoms with Crippen LogP contribution in [0.2, 0.25) is 10.0 Å². The van der Waals surface area contributed by atoms with Gasteiger partial charge in [-0.2, -0.15) is 0 Å². The molecule has 0 saturated heterocycles. The Labute approximate surface area is 193 Å². The van der Waals surface area contributed by atoms with Crippen LogP contribution in [0, 0.1) is 5.92 Å². The van der Waals surface area contributed by atoms with Crippen LogP contribution in [0.15, 0.2) is 48.5 Å². The van der Waals surface area contributed by atoms with Gasteiger partial charge in [-0.3, -0.25) is 9.59 Å². The first-order valence-corrected chi connectivity index (χ1v) is 11.8. The van der Waals surface area contributed by atoms with Gasteiger partial charge in [0.25, 0.3) is 0 Å². The van der Waals surface area contributed by atoms with Crippen molar-refractivity contribution >= 4 is 46.8 Å². The first kappa shape index (κ1) is 24.6. The Morgan fingerprint density at radius 1 is 1.07 bits per heavy atom. The minimum atomic E-state index is -0.611. The Balaban J connectivity index is 2.10. The molecule has 4 nitrogen and oxygen atoms in total. The molecule has 0 spiro atoms. The third kappa shape index (κ3) is 7.86. The first-order valence-electron chi connectivity index (χ1n) is 9.90. The van der Waals surface area contributed by atoms with Gasteiger partial charge in [-0.05, 0) is 36.1 Å². The molecule has 0 aliphatic carbocycles. The molecule has 2 amide bonds. The van der Waals surface area contributed by atoms with Gasteiger partial charge in [-0.15, -0.1) is 11.8 Å². The van der Waals surface area contributed by atoms with Crippen LogP contribution in [-0.4, -0.2) is 35.1 Å². The second-order valence-electron chi connectivity index (χ2n) is 7.55. The highest BCUT2D eigenvalue weighted by molar-refractivity contribution is 7.99. The van der Waals surface area contributed by atoms with Crippen LogP contribution in [0.1, 0.15) is 31.9 Å². The fourth-order valence-electron chi connectivity index (χ4n) is 2.78. The number of nitrogens with one attached hydrogen (secondary N) is 1. The molecule has 0 aromatic heterocycles. The van der Waals surface area contributed by atoms with Gasteiger partial charge in [0, 0.05) is 28.9 Å².